The Morgan fingerprint density at radius 1 is 0.781 bits per heavy atom. The van der Waals surface area contributed by atoms with Crippen molar-refractivity contribution < 1.29 is 14.6 Å². The highest BCUT2D eigenvalue weighted by Crippen LogP contribution is 2.71. The van der Waals surface area contributed by atoms with Gasteiger partial charge < -0.3 is 9.84 Å². The maximum atomic E-state index is 12.8. The number of ether oxygens (including phenoxy) is 1. The van der Waals surface area contributed by atoms with Crippen molar-refractivity contribution in [1.29, 1.82) is 0 Å². The average molecular weight is 445 g/mol. The summed E-state index contributed by atoms with van der Waals surface area (Å²) in [6.07, 6.45) is 11.8. The lowest BCUT2D eigenvalue weighted by Gasteiger charge is -2.64. The molecule has 0 aromatic carbocycles. The third-order valence-corrected chi connectivity index (χ3v) is 12.2. The molecule has 1 aliphatic heterocycles. The van der Waals surface area contributed by atoms with Crippen LogP contribution < -0.4 is 0 Å². The Morgan fingerprint density at radius 3 is 2.00 bits per heavy atom. The van der Waals surface area contributed by atoms with E-state index in [0.29, 0.717) is 28.4 Å². The first-order valence-electron chi connectivity index (χ1n) is 13.7. The Hall–Kier alpha value is -0.410. The maximum absolute atomic E-state index is 12.8. The maximum Gasteiger partial charge on any atom is 0.138 e. The molecule has 5 rings (SSSR count). The molecule has 3 nitrogen and oxygen atoms in total. The van der Waals surface area contributed by atoms with E-state index in [4.69, 9.17) is 4.74 Å². The second-order valence-corrected chi connectivity index (χ2v) is 14.4. The van der Waals surface area contributed by atoms with Crippen LogP contribution in [0.5, 0.6) is 0 Å². The van der Waals surface area contributed by atoms with Crippen LogP contribution in [0.1, 0.15) is 113 Å². The van der Waals surface area contributed by atoms with Crippen molar-refractivity contribution >= 4 is 5.78 Å². The van der Waals surface area contributed by atoms with Crippen LogP contribution in [0.15, 0.2) is 0 Å². The topological polar surface area (TPSA) is 46.5 Å². The van der Waals surface area contributed by atoms with Gasteiger partial charge in [0, 0.05) is 11.8 Å². The van der Waals surface area contributed by atoms with E-state index in [-0.39, 0.29) is 17.1 Å². The first-order valence-corrected chi connectivity index (χ1v) is 13.7. The third kappa shape index (κ3) is 3.08. The van der Waals surface area contributed by atoms with Crippen LogP contribution in [0.3, 0.4) is 0 Å². The van der Waals surface area contributed by atoms with Gasteiger partial charge in [-0.1, -0.05) is 27.7 Å². The highest BCUT2D eigenvalue weighted by molar-refractivity contribution is 5.85. The second kappa shape index (κ2) is 7.06. The molecule has 0 unspecified atom stereocenters. The first kappa shape index (κ1) is 23.3. The van der Waals surface area contributed by atoms with Crippen molar-refractivity contribution in [3.8, 4) is 0 Å². The molecule has 1 heterocycles. The van der Waals surface area contributed by atoms with Gasteiger partial charge in [0.05, 0.1) is 17.3 Å². The van der Waals surface area contributed by atoms with Crippen molar-refractivity contribution in [1.82, 2.24) is 0 Å². The van der Waals surface area contributed by atoms with Crippen molar-refractivity contribution in [2.75, 3.05) is 0 Å². The number of hydrogen-bond donors (Lipinski definition) is 1. The van der Waals surface area contributed by atoms with E-state index in [1.807, 2.05) is 13.8 Å². The minimum absolute atomic E-state index is 0.0351. The van der Waals surface area contributed by atoms with Crippen LogP contribution in [0.2, 0.25) is 0 Å². The van der Waals surface area contributed by atoms with E-state index in [0.717, 1.165) is 43.4 Å². The summed E-state index contributed by atoms with van der Waals surface area (Å²) in [6.45, 7) is 15.8. The molecule has 0 aromatic heterocycles. The first-order chi connectivity index (χ1) is 14.7. The lowest BCUT2D eigenvalue weighted by Crippen LogP contribution is -2.59. The van der Waals surface area contributed by atoms with Gasteiger partial charge in [0.2, 0.25) is 0 Å². The molecule has 0 amide bonds. The van der Waals surface area contributed by atoms with Gasteiger partial charge in [-0.05, 0) is 119 Å². The molecule has 1 N–H and O–H groups in total. The molecule has 0 radical (unpaired) electrons. The zero-order valence-corrected chi connectivity index (χ0v) is 21.8. The number of carbonyl (C=O) groups is 1. The van der Waals surface area contributed by atoms with Gasteiger partial charge >= 0.3 is 0 Å². The highest BCUT2D eigenvalue weighted by atomic mass is 16.5. The van der Waals surface area contributed by atoms with E-state index in [9.17, 15) is 9.90 Å². The molecule has 4 saturated carbocycles. The van der Waals surface area contributed by atoms with Crippen LogP contribution in [0, 0.1) is 45.8 Å². The van der Waals surface area contributed by atoms with Crippen molar-refractivity contribution in [2.45, 2.75) is 130 Å². The van der Waals surface area contributed by atoms with Crippen LogP contribution in [0.25, 0.3) is 0 Å². The Morgan fingerprint density at radius 2 is 1.38 bits per heavy atom. The van der Waals surface area contributed by atoms with E-state index < -0.39 is 5.60 Å². The number of hydrogen-bond acceptors (Lipinski definition) is 3. The largest absolute Gasteiger partial charge is 0.388 e. The quantitative estimate of drug-likeness (QED) is 0.525. The van der Waals surface area contributed by atoms with Gasteiger partial charge in [-0.2, -0.15) is 0 Å². The molecule has 9 atom stereocenters. The van der Waals surface area contributed by atoms with E-state index in [1.165, 1.54) is 38.5 Å². The van der Waals surface area contributed by atoms with Crippen molar-refractivity contribution in [2.24, 2.45) is 45.8 Å². The van der Waals surface area contributed by atoms with Gasteiger partial charge in [0.1, 0.15) is 5.78 Å². The zero-order chi connectivity index (χ0) is 23.3. The molecule has 1 saturated heterocycles. The smallest absolute Gasteiger partial charge is 0.138 e. The molecule has 32 heavy (non-hydrogen) atoms. The molecule has 5 fully saturated rings. The Balaban J connectivity index is 1.40. The number of aliphatic hydroxyl groups is 1. The van der Waals surface area contributed by atoms with Crippen molar-refractivity contribution in [3.05, 3.63) is 0 Å². The summed E-state index contributed by atoms with van der Waals surface area (Å²) in [5, 5.41) is 10.6. The normalized spacial score (nSPS) is 52.9. The number of rotatable bonds is 2. The molecule has 0 aromatic rings. The lowest BCUT2D eigenvalue weighted by molar-refractivity contribution is -0.177. The molecule has 0 spiro atoms. The van der Waals surface area contributed by atoms with Crippen molar-refractivity contribution in [3.63, 3.8) is 0 Å². The predicted octanol–water partition coefficient (Wildman–Crippen LogP) is 6.56. The molecular weight excluding hydrogens is 396 g/mol. The van der Waals surface area contributed by atoms with Gasteiger partial charge in [-0.25, -0.2) is 0 Å². The van der Waals surface area contributed by atoms with Gasteiger partial charge in [0.15, 0.2) is 0 Å². The standard InChI is InChI=1S/C29H48O3/c1-25(2)22-11-10-18-19(28(22,6)16-13-23(25)30)8-9-20-21(12-15-27(18,20)5)29(7)17-14-24(32-29)26(3,4)31/h18-22,24,31H,8-17H2,1-7H3/t18-,19+,20-,21+,22+,24+,27-,28-,29+/m1/s1. The van der Waals surface area contributed by atoms with Gasteiger partial charge in [-0.3, -0.25) is 4.79 Å². The summed E-state index contributed by atoms with van der Waals surface area (Å²) < 4.78 is 6.68. The number of fused-ring (bicyclic) bond motifs is 5. The monoisotopic (exact) mass is 444 g/mol. The fourth-order valence-electron chi connectivity index (χ4n) is 10.4. The minimum atomic E-state index is -0.754. The lowest BCUT2D eigenvalue weighted by atomic mass is 9.40. The molecule has 182 valence electrons. The predicted molar refractivity (Wildman–Crippen MR) is 128 cm³/mol. The highest BCUT2D eigenvalue weighted by Gasteiger charge is 2.65. The summed E-state index contributed by atoms with van der Waals surface area (Å²) >= 11 is 0. The molecule has 3 heteroatoms. The number of carbonyl (C=O) groups excluding carboxylic acids is 1. The van der Waals surface area contributed by atoms with Crippen LogP contribution in [-0.4, -0.2) is 28.2 Å². The summed E-state index contributed by atoms with van der Waals surface area (Å²) in [5.41, 5.74) is -0.250. The van der Waals surface area contributed by atoms with E-state index in [1.54, 1.807) is 0 Å². The van der Waals surface area contributed by atoms with E-state index in [2.05, 4.69) is 34.6 Å². The summed E-state index contributed by atoms with van der Waals surface area (Å²) in [5.74, 6) is 4.00. The molecular formula is C29H48O3. The number of ketones is 1. The van der Waals surface area contributed by atoms with Crippen LogP contribution in [-0.2, 0) is 9.53 Å². The molecule has 0 bridgehead atoms. The Kier molecular flexibility index (Phi) is 5.15. The minimum Gasteiger partial charge on any atom is -0.388 e. The average Bonchev–Trinajstić information content (AvgIpc) is 3.27. The molecule has 5 aliphatic rings. The second-order valence-electron chi connectivity index (χ2n) is 14.4. The van der Waals surface area contributed by atoms with Crippen LogP contribution in [0.4, 0.5) is 0 Å². The zero-order valence-electron chi connectivity index (χ0n) is 21.8. The van der Waals surface area contributed by atoms with Crippen LogP contribution >= 0.6 is 0 Å². The molecule has 4 aliphatic carbocycles. The summed E-state index contributed by atoms with van der Waals surface area (Å²) in [6, 6.07) is 0. The Labute approximate surface area is 196 Å². The number of Topliss-reactive ketones (excluding diaryl/α,β-unsaturated/α-hetero) is 1. The van der Waals surface area contributed by atoms with E-state index >= 15 is 0 Å². The third-order valence-electron chi connectivity index (χ3n) is 12.2. The fraction of sp³-hybridized carbons (Fsp3) is 0.966. The fourth-order valence-corrected chi connectivity index (χ4v) is 10.4. The van der Waals surface area contributed by atoms with Gasteiger partial charge in [0.25, 0.3) is 0 Å². The summed E-state index contributed by atoms with van der Waals surface area (Å²) in [4.78, 5) is 12.8. The SMILES string of the molecule is CC(C)(O)[C@@H]1CC[C@@](C)([C@H]2CC[C@]3(C)[C@@H]4CC[C@H]5C(C)(C)C(=O)CC[C@]5(C)[C@H]4CC[C@H]23)O1. The summed E-state index contributed by atoms with van der Waals surface area (Å²) in [7, 11) is 0. The van der Waals surface area contributed by atoms with Gasteiger partial charge in [-0.15, -0.1) is 0 Å². The Bertz CT molecular complexity index is 780.